The van der Waals surface area contributed by atoms with Gasteiger partial charge in [-0.2, -0.15) is 4.39 Å². The van der Waals surface area contributed by atoms with E-state index in [1.165, 1.54) is 6.07 Å². The molecule has 5 nitrogen and oxygen atoms in total. The van der Waals surface area contributed by atoms with Gasteiger partial charge < -0.3 is 4.74 Å². The summed E-state index contributed by atoms with van der Waals surface area (Å²) in [4.78, 5) is 9.79. The molecule has 0 bridgehead atoms. The van der Waals surface area contributed by atoms with Crippen LogP contribution < -0.4 is 0 Å². The summed E-state index contributed by atoms with van der Waals surface area (Å²) >= 11 is 0. The second-order valence-electron chi connectivity index (χ2n) is 4.04. The lowest BCUT2D eigenvalue weighted by atomic mass is 10.2. The molecule has 0 radical (unpaired) electrons. The zero-order valence-electron chi connectivity index (χ0n) is 11.0. The quantitative estimate of drug-likeness (QED) is 0.296. The largest absolute Gasteiger partial charge is 0.444 e. The van der Waals surface area contributed by atoms with Crippen molar-refractivity contribution in [3.8, 4) is 0 Å². The maximum Gasteiger partial charge on any atom is 0.305 e. The van der Waals surface area contributed by atoms with Gasteiger partial charge in [-0.25, -0.2) is 0 Å². The second kappa shape index (κ2) is 6.08. The Labute approximate surface area is 110 Å². The Balaban J connectivity index is 3.02. The third-order valence-electron chi connectivity index (χ3n) is 2.79. The van der Waals surface area contributed by atoms with E-state index in [2.05, 4.69) is 0 Å². The molecule has 1 rings (SSSR count). The molecule has 0 amide bonds. The summed E-state index contributed by atoms with van der Waals surface area (Å²) in [6, 6.07) is 3.22. The summed E-state index contributed by atoms with van der Waals surface area (Å²) in [5.74, 6) is -0.605. The Kier molecular flexibility index (Phi) is 4.74. The third kappa shape index (κ3) is 3.61. The number of nitro groups is 1. The minimum absolute atomic E-state index is 0.163. The molecule has 1 aromatic carbocycles. The van der Waals surface area contributed by atoms with Crippen LogP contribution in [-0.2, 0) is 4.74 Å². The highest BCUT2D eigenvalue weighted by Crippen LogP contribution is 2.20. The van der Waals surface area contributed by atoms with Crippen molar-refractivity contribution in [3.05, 3.63) is 51.0 Å². The predicted molar refractivity (Wildman–Crippen MR) is 69.6 cm³/mol. The van der Waals surface area contributed by atoms with Gasteiger partial charge in [-0.05, 0) is 38.0 Å². The van der Waals surface area contributed by atoms with Crippen molar-refractivity contribution in [3.63, 3.8) is 0 Å². The Hall–Kier alpha value is -2.24. The van der Waals surface area contributed by atoms with E-state index in [0.717, 1.165) is 24.1 Å². The van der Waals surface area contributed by atoms with E-state index in [1.54, 1.807) is 6.92 Å². The van der Waals surface area contributed by atoms with Crippen molar-refractivity contribution in [2.75, 3.05) is 0 Å². The molecule has 6 heteroatoms. The van der Waals surface area contributed by atoms with Crippen molar-refractivity contribution in [1.82, 2.24) is 0 Å². The molecule has 0 aromatic heterocycles. The smallest absolute Gasteiger partial charge is 0.305 e. The Morgan fingerprint density at radius 1 is 1.47 bits per heavy atom. The summed E-state index contributed by atoms with van der Waals surface area (Å²) in [5, 5.41) is 18.4. The monoisotopic (exact) mass is 266 g/mol. The maximum absolute atomic E-state index is 13.2. The van der Waals surface area contributed by atoms with Crippen LogP contribution >= 0.6 is 0 Å². The highest BCUT2D eigenvalue weighted by atomic mass is 19.1. The molecule has 0 unspecified atom stereocenters. The lowest BCUT2D eigenvalue weighted by Gasteiger charge is -2.10. The molecule has 1 aromatic rings. The summed E-state index contributed by atoms with van der Waals surface area (Å²) in [7, 11) is 0. The number of halogens is 1. The van der Waals surface area contributed by atoms with E-state index in [4.69, 9.17) is 10.1 Å². The van der Waals surface area contributed by atoms with Gasteiger partial charge in [0.25, 0.3) is 0 Å². The van der Waals surface area contributed by atoms with Crippen molar-refractivity contribution in [2.24, 2.45) is 0 Å². The van der Waals surface area contributed by atoms with E-state index < -0.39 is 16.4 Å². The fraction of sp³-hybridized carbons (Fsp3) is 0.308. The third-order valence-corrected chi connectivity index (χ3v) is 2.79. The minimum atomic E-state index is -0.932. The Bertz CT molecular complexity index is 553. The van der Waals surface area contributed by atoms with Gasteiger partial charge in [0.15, 0.2) is 0 Å². The SMILES string of the molecule is CC/C(C)=C(\C)OC(=N)c1ccc(F)c([N+](=O)[O-])c1. The van der Waals surface area contributed by atoms with Crippen LogP contribution in [0.25, 0.3) is 0 Å². The summed E-state index contributed by atoms with van der Waals surface area (Å²) in [5.41, 5.74) is 0.470. The molecule has 0 saturated heterocycles. The Morgan fingerprint density at radius 3 is 2.63 bits per heavy atom. The molecule has 0 aliphatic carbocycles. The van der Waals surface area contributed by atoms with Crippen LogP contribution in [0.5, 0.6) is 0 Å². The van der Waals surface area contributed by atoms with Crippen LogP contribution in [0.15, 0.2) is 29.5 Å². The van der Waals surface area contributed by atoms with Crippen LogP contribution in [0, 0.1) is 21.3 Å². The van der Waals surface area contributed by atoms with Crippen molar-refractivity contribution < 1.29 is 14.1 Å². The van der Waals surface area contributed by atoms with Crippen LogP contribution in [-0.4, -0.2) is 10.8 Å². The second-order valence-corrected chi connectivity index (χ2v) is 4.04. The van der Waals surface area contributed by atoms with Crippen LogP contribution in [0.3, 0.4) is 0 Å². The molecule has 0 fully saturated rings. The van der Waals surface area contributed by atoms with Crippen LogP contribution in [0.4, 0.5) is 10.1 Å². The molecular weight excluding hydrogens is 251 g/mol. The number of nitro benzene ring substituents is 1. The van der Waals surface area contributed by atoms with E-state index >= 15 is 0 Å². The molecule has 19 heavy (non-hydrogen) atoms. The summed E-state index contributed by atoms with van der Waals surface area (Å²) < 4.78 is 18.4. The van der Waals surface area contributed by atoms with Crippen LogP contribution in [0.2, 0.25) is 0 Å². The van der Waals surface area contributed by atoms with Gasteiger partial charge >= 0.3 is 5.69 Å². The highest BCUT2D eigenvalue weighted by molar-refractivity contribution is 5.92. The first-order chi connectivity index (χ1) is 8.86. The first kappa shape index (κ1) is 14.8. The normalized spacial score (nSPS) is 11.8. The van der Waals surface area contributed by atoms with Gasteiger partial charge in [0.2, 0.25) is 11.7 Å². The first-order valence-electron chi connectivity index (χ1n) is 5.73. The molecule has 0 atom stereocenters. The predicted octanol–water partition coefficient (Wildman–Crippen LogP) is 3.78. The van der Waals surface area contributed by atoms with E-state index in [0.29, 0.717) is 5.76 Å². The average Bonchev–Trinajstić information content (AvgIpc) is 2.37. The molecule has 0 aliphatic rings. The van der Waals surface area contributed by atoms with Gasteiger partial charge in [-0.1, -0.05) is 6.92 Å². The number of hydrogen-bond donors (Lipinski definition) is 1. The molecule has 0 aliphatic heterocycles. The number of benzene rings is 1. The van der Waals surface area contributed by atoms with E-state index in [-0.39, 0.29) is 11.5 Å². The number of allylic oxidation sites excluding steroid dienone is 2. The van der Waals surface area contributed by atoms with Crippen molar-refractivity contribution in [2.45, 2.75) is 27.2 Å². The van der Waals surface area contributed by atoms with Gasteiger partial charge in [0.05, 0.1) is 4.92 Å². The van der Waals surface area contributed by atoms with E-state index in [1.807, 2.05) is 13.8 Å². The molecule has 102 valence electrons. The minimum Gasteiger partial charge on any atom is -0.444 e. The molecule has 1 N–H and O–H groups in total. The molecule has 0 heterocycles. The fourth-order valence-corrected chi connectivity index (χ4v) is 1.34. The highest BCUT2D eigenvalue weighted by Gasteiger charge is 2.17. The van der Waals surface area contributed by atoms with E-state index in [9.17, 15) is 14.5 Å². The number of nitrogens with zero attached hydrogens (tertiary/aromatic N) is 1. The van der Waals surface area contributed by atoms with Gasteiger partial charge in [-0.3, -0.25) is 15.5 Å². The van der Waals surface area contributed by atoms with Gasteiger partial charge in [0.1, 0.15) is 5.76 Å². The summed E-state index contributed by atoms with van der Waals surface area (Å²) in [6.45, 7) is 5.54. The maximum atomic E-state index is 13.2. The number of nitrogens with one attached hydrogen (secondary N) is 1. The average molecular weight is 266 g/mol. The van der Waals surface area contributed by atoms with Gasteiger partial charge in [-0.15, -0.1) is 0 Å². The first-order valence-corrected chi connectivity index (χ1v) is 5.73. The van der Waals surface area contributed by atoms with Crippen molar-refractivity contribution >= 4 is 11.6 Å². The lowest BCUT2D eigenvalue weighted by molar-refractivity contribution is -0.387. The topological polar surface area (TPSA) is 76.2 Å². The molecule has 0 spiro atoms. The molecule has 0 saturated carbocycles. The zero-order chi connectivity index (χ0) is 14.6. The number of hydrogen-bond acceptors (Lipinski definition) is 4. The zero-order valence-corrected chi connectivity index (χ0v) is 11.0. The fourth-order valence-electron chi connectivity index (χ4n) is 1.34. The Morgan fingerprint density at radius 2 is 2.11 bits per heavy atom. The van der Waals surface area contributed by atoms with Crippen LogP contribution in [0.1, 0.15) is 32.8 Å². The number of ether oxygens (including phenoxy) is 1. The standard InChI is InChI=1S/C13H15FN2O3/c1-4-8(2)9(3)19-13(15)10-5-6-11(14)12(7-10)16(17)18/h5-7,15H,4H2,1-3H3/b9-8+,15-13?. The molecular formula is C13H15FN2O3. The van der Waals surface area contributed by atoms with Gasteiger partial charge in [0, 0.05) is 11.6 Å². The lowest BCUT2D eigenvalue weighted by Crippen LogP contribution is -2.06. The van der Waals surface area contributed by atoms with Crippen molar-refractivity contribution in [1.29, 1.82) is 5.41 Å². The number of rotatable bonds is 4. The summed E-state index contributed by atoms with van der Waals surface area (Å²) in [6.07, 6.45) is 0.780.